The molecule has 1 unspecified atom stereocenters. The molecule has 1 aliphatic heterocycles. The first-order valence-electron chi connectivity index (χ1n) is 7.96. The van der Waals surface area contributed by atoms with Crippen LogP contribution in [-0.2, 0) is 6.54 Å². The van der Waals surface area contributed by atoms with Crippen molar-refractivity contribution < 1.29 is 0 Å². The van der Waals surface area contributed by atoms with E-state index in [4.69, 9.17) is 0 Å². The predicted molar refractivity (Wildman–Crippen MR) is 87.1 cm³/mol. The molecule has 1 N–H and O–H groups in total. The van der Waals surface area contributed by atoms with E-state index in [1.165, 1.54) is 29.5 Å². The van der Waals surface area contributed by atoms with E-state index in [9.17, 15) is 0 Å². The largest absolute Gasteiger partial charge is 0.311 e. The Hall–Kier alpha value is -0.860. The molecule has 112 valence electrons. The van der Waals surface area contributed by atoms with Crippen LogP contribution in [0.3, 0.4) is 0 Å². The molecule has 0 saturated carbocycles. The first kappa shape index (κ1) is 15.5. The first-order valence-corrected chi connectivity index (χ1v) is 7.96. The van der Waals surface area contributed by atoms with Crippen LogP contribution in [0.5, 0.6) is 0 Å². The summed E-state index contributed by atoms with van der Waals surface area (Å²) < 4.78 is 0. The van der Waals surface area contributed by atoms with Gasteiger partial charge >= 0.3 is 0 Å². The molecule has 1 saturated heterocycles. The maximum atomic E-state index is 3.71. The van der Waals surface area contributed by atoms with E-state index in [1.807, 2.05) is 0 Å². The van der Waals surface area contributed by atoms with Crippen LogP contribution in [0.15, 0.2) is 18.2 Å². The highest BCUT2D eigenvalue weighted by Crippen LogP contribution is 2.23. The van der Waals surface area contributed by atoms with Gasteiger partial charge in [-0.25, -0.2) is 0 Å². The zero-order chi connectivity index (χ0) is 14.8. The monoisotopic (exact) mass is 274 g/mol. The molecule has 2 heteroatoms. The third-order valence-electron chi connectivity index (χ3n) is 4.41. The molecule has 0 amide bonds. The normalized spacial score (nSPS) is 22.9. The van der Waals surface area contributed by atoms with E-state index >= 15 is 0 Å². The molecule has 1 fully saturated rings. The third kappa shape index (κ3) is 3.83. The van der Waals surface area contributed by atoms with Gasteiger partial charge in [0.05, 0.1) is 0 Å². The van der Waals surface area contributed by atoms with Crippen LogP contribution >= 0.6 is 0 Å². The van der Waals surface area contributed by atoms with E-state index in [-0.39, 0.29) is 5.54 Å². The highest BCUT2D eigenvalue weighted by atomic mass is 15.3. The van der Waals surface area contributed by atoms with Gasteiger partial charge in [0.2, 0.25) is 0 Å². The number of piperazine rings is 1. The highest BCUT2D eigenvalue weighted by Gasteiger charge is 2.33. The van der Waals surface area contributed by atoms with Gasteiger partial charge in [-0.3, -0.25) is 4.90 Å². The molecule has 1 atom stereocenters. The molecule has 0 aliphatic carbocycles. The molecule has 2 rings (SSSR count). The topological polar surface area (TPSA) is 15.3 Å². The smallest absolute Gasteiger partial charge is 0.0281 e. The summed E-state index contributed by atoms with van der Waals surface area (Å²) in [7, 11) is 0. The fraction of sp³-hybridized carbons (Fsp3) is 0.667. The van der Waals surface area contributed by atoms with Crippen molar-refractivity contribution in [1.82, 2.24) is 10.2 Å². The van der Waals surface area contributed by atoms with E-state index < -0.39 is 0 Å². The summed E-state index contributed by atoms with van der Waals surface area (Å²) >= 11 is 0. The van der Waals surface area contributed by atoms with E-state index in [2.05, 4.69) is 63.0 Å². The summed E-state index contributed by atoms with van der Waals surface area (Å²) in [5, 5.41) is 3.71. The highest BCUT2D eigenvalue weighted by molar-refractivity contribution is 5.28. The molecule has 20 heavy (non-hydrogen) atoms. The second-order valence-corrected chi connectivity index (χ2v) is 7.06. The summed E-state index contributed by atoms with van der Waals surface area (Å²) in [6.07, 6.45) is 2.54. The van der Waals surface area contributed by atoms with Gasteiger partial charge in [0.1, 0.15) is 0 Å². The van der Waals surface area contributed by atoms with E-state index in [0.29, 0.717) is 6.04 Å². The molecule has 0 aromatic heterocycles. The van der Waals surface area contributed by atoms with Crippen LogP contribution in [-0.4, -0.2) is 29.6 Å². The quantitative estimate of drug-likeness (QED) is 0.901. The van der Waals surface area contributed by atoms with Gasteiger partial charge < -0.3 is 5.32 Å². The fourth-order valence-electron chi connectivity index (χ4n) is 3.28. The SMILES string of the molecule is CCCC1CN(Cc2cc(C)cc(C)c2)C(C)(C)CN1. The lowest BCUT2D eigenvalue weighted by Crippen LogP contribution is -2.61. The number of aryl methyl sites for hydroxylation is 2. The Bertz CT molecular complexity index is 430. The molecule has 1 aromatic carbocycles. The van der Waals surface area contributed by atoms with Gasteiger partial charge in [0.15, 0.2) is 0 Å². The molecular formula is C18H30N2. The molecule has 1 aromatic rings. The van der Waals surface area contributed by atoms with E-state index in [0.717, 1.165) is 19.6 Å². The molecule has 0 bridgehead atoms. The molecular weight excluding hydrogens is 244 g/mol. The molecule has 0 radical (unpaired) electrons. The van der Waals surface area contributed by atoms with Crippen molar-refractivity contribution in [1.29, 1.82) is 0 Å². The Balaban J connectivity index is 2.11. The standard InChI is InChI=1S/C18H30N2/c1-6-7-17-12-20(18(4,5)13-19-17)11-16-9-14(2)8-15(3)10-16/h8-10,17,19H,6-7,11-13H2,1-5H3. The molecule has 0 spiro atoms. The summed E-state index contributed by atoms with van der Waals surface area (Å²) in [4.78, 5) is 2.65. The van der Waals surface area contributed by atoms with Crippen molar-refractivity contribution in [2.24, 2.45) is 0 Å². The van der Waals surface area contributed by atoms with Gasteiger partial charge in [-0.1, -0.05) is 42.7 Å². The van der Waals surface area contributed by atoms with E-state index in [1.54, 1.807) is 0 Å². The van der Waals surface area contributed by atoms with Gasteiger partial charge in [-0.05, 0) is 39.7 Å². The van der Waals surface area contributed by atoms with Crippen molar-refractivity contribution in [2.75, 3.05) is 13.1 Å². The second-order valence-electron chi connectivity index (χ2n) is 7.06. The Kier molecular flexibility index (Phi) is 4.87. The number of hydrogen-bond acceptors (Lipinski definition) is 2. The maximum absolute atomic E-state index is 3.71. The van der Waals surface area contributed by atoms with Gasteiger partial charge in [0.25, 0.3) is 0 Å². The van der Waals surface area contributed by atoms with Crippen LogP contribution in [0.1, 0.15) is 50.3 Å². The average Bonchev–Trinajstić information content (AvgIpc) is 2.33. The number of rotatable bonds is 4. The van der Waals surface area contributed by atoms with Crippen molar-refractivity contribution in [3.05, 3.63) is 34.9 Å². The Morgan fingerprint density at radius 1 is 1.20 bits per heavy atom. The van der Waals surface area contributed by atoms with Crippen LogP contribution in [0.25, 0.3) is 0 Å². The van der Waals surface area contributed by atoms with Crippen molar-refractivity contribution in [3.8, 4) is 0 Å². The van der Waals surface area contributed by atoms with Crippen LogP contribution in [0, 0.1) is 13.8 Å². The number of nitrogens with one attached hydrogen (secondary N) is 1. The lowest BCUT2D eigenvalue weighted by Gasteiger charge is -2.46. The van der Waals surface area contributed by atoms with Crippen LogP contribution < -0.4 is 5.32 Å². The fourth-order valence-corrected chi connectivity index (χ4v) is 3.28. The predicted octanol–water partition coefficient (Wildman–Crippen LogP) is 3.66. The van der Waals surface area contributed by atoms with Crippen LogP contribution in [0.4, 0.5) is 0 Å². The second kappa shape index (κ2) is 6.28. The van der Waals surface area contributed by atoms with Gasteiger partial charge in [-0.15, -0.1) is 0 Å². The lowest BCUT2D eigenvalue weighted by molar-refractivity contribution is 0.0563. The maximum Gasteiger partial charge on any atom is 0.0281 e. The minimum Gasteiger partial charge on any atom is -0.311 e. The van der Waals surface area contributed by atoms with Crippen molar-refractivity contribution >= 4 is 0 Å². The van der Waals surface area contributed by atoms with Gasteiger partial charge in [-0.2, -0.15) is 0 Å². The lowest BCUT2D eigenvalue weighted by atomic mass is 9.94. The number of hydrogen-bond donors (Lipinski definition) is 1. The number of benzene rings is 1. The summed E-state index contributed by atoms with van der Waals surface area (Å²) in [6, 6.07) is 7.57. The van der Waals surface area contributed by atoms with Crippen molar-refractivity contribution in [2.45, 2.75) is 65.6 Å². The zero-order valence-electron chi connectivity index (χ0n) is 13.8. The minimum absolute atomic E-state index is 0.238. The van der Waals surface area contributed by atoms with Gasteiger partial charge in [0, 0.05) is 31.2 Å². The summed E-state index contributed by atoms with van der Waals surface area (Å²) in [6.45, 7) is 14.7. The van der Waals surface area contributed by atoms with Crippen LogP contribution in [0.2, 0.25) is 0 Å². The molecule has 1 heterocycles. The summed E-state index contributed by atoms with van der Waals surface area (Å²) in [5.41, 5.74) is 4.44. The number of nitrogens with zero attached hydrogens (tertiary/aromatic N) is 1. The third-order valence-corrected chi connectivity index (χ3v) is 4.41. The Morgan fingerprint density at radius 2 is 1.85 bits per heavy atom. The summed E-state index contributed by atoms with van der Waals surface area (Å²) in [5.74, 6) is 0. The Morgan fingerprint density at radius 3 is 2.45 bits per heavy atom. The average molecular weight is 274 g/mol. The minimum atomic E-state index is 0.238. The molecule has 2 nitrogen and oxygen atoms in total. The van der Waals surface area contributed by atoms with Crippen molar-refractivity contribution in [3.63, 3.8) is 0 Å². The zero-order valence-corrected chi connectivity index (χ0v) is 13.8. The molecule has 1 aliphatic rings. The first-order chi connectivity index (χ1) is 9.40. The Labute approximate surface area is 124 Å².